The quantitative estimate of drug-likeness (QED) is 0.447. The number of nitrogens with zero attached hydrogens (tertiary/aromatic N) is 4. The van der Waals surface area contributed by atoms with Gasteiger partial charge in [0.1, 0.15) is 0 Å². The molecule has 1 unspecified atom stereocenters. The second kappa shape index (κ2) is 8.43. The van der Waals surface area contributed by atoms with Crippen molar-refractivity contribution in [3.8, 4) is 28.6 Å². The number of benzene rings is 2. The predicted octanol–water partition coefficient (Wildman–Crippen LogP) is 2.55. The molecule has 8 nitrogen and oxygen atoms in total. The van der Waals surface area contributed by atoms with Crippen molar-refractivity contribution in [1.29, 1.82) is 0 Å². The summed E-state index contributed by atoms with van der Waals surface area (Å²) in [5.41, 5.74) is 2.21. The zero-order valence-electron chi connectivity index (χ0n) is 17.7. The first-order valence-electron chi connectivity index (χ1n) is 9.72. The number of amides is 1. The third-order valence-corrected chi connectivity index (χ3v) is 5.72. The second-order valence-electron chi connectivity index (χ2n) is 6.79. The van der Waals surface area contributed by atoms with Gasteiger partial charge >= 0.3 is 0 Å². The maximum absolute atomic E-state index is 13.2. The highest BCUT2D eigenvalue weighted by atomic mass is 32.2. The van der Waals surface area contributed by atoms with Gasteiger partial charge in [-0.1, -0.05) is 41.6 Å². The van der Waals surface area contributed by atoms with Crippen LogP contribution in [0.4, 0.5) is 5.69 Å². The zero-order chi connectivity index (χ0) is 22.1. The smallest absolute Gasteiger partial charge is 0.296 e. The minimum atomic E-state index is -0.746. The number of hydrogen-bond acceptors (Lipinski definition) is 7. The van der Waals surface area contributed by atoms with E-state index in [9.17, 15) is 9.90 Å². The molecule has 1 aliphatic rings. The Labute approximate surface area is 184 Å². The Morgan fingerprint density at radius 1 is 1.19 bits per heavy atom. The summed E-state index contributed by atoms with van der Waals surface area (Å²) >= 11 is 1.26. The van der Waals surface area contributed by atoms with E-state index in [0.29, 0.717) is 39.2 Å². The Morgan fingerprint density at radius 2 is 1.97 bits per heavy atom. The molecule has 1 aliphatic heterocycles. The van der Waals surface area contributed by atoms with E-state index in [2.05, 4.69) is 10.1 Å². The van der Waals surface area contributed by atoms with Crippen LogP contribution in [0.1, 0.15) is 25.1 Å². The van der Waals surface area contributed by atoms with E-state index in [1.165, 1.54) is 11.8 Å². The summed E-state index contributed by atoms with van der Waals surface area (Å²) in [4.78, 5) is 19.0. The van der Waals surface area contributed by atoms with E-state index >= 15 is 0 Å². The van der Waals surface area contributed by atoms with Crippen LogP contribution in [0.2, 0.25) is 0 Å². The van der Waals surface area contributed by atoms with Crippen LogP contribution in [0.3, 0.4) is 0 Å². The molecule has 0 spiro atoms. The average Bonchev–Trinajstić information content (AvgIpc) is 2.81. The number of fused-ring (bicyclic) bond motifs is 3. The molecule has 9 heteroatoms. The minimum Gasteiger partial charge on any atom is -0.854 e. The molecule has 1 aromatic heterocycles. The molecule has 0 saturated heterocycles. The predicted molar refractivity (Wildman–Crippen MR) is 114 cm³/mol. The number of hydrogen-bond donors (Lipinski definition) is 0. The third kappa shape index (κ3) is 3.34. The lowest BCUT2D eigenvalue weighted by atomic mass is 10.00. The molecular formula is C22H22N4O4S. The number of anilines is 1. The molecule has 0 saturated carbocycles. The lowest BCUT2D eigenvalue weighted by Gasteiger charge is -2.34. The fourth-order valence-corrected chi connectivity index (χ4v) is 4.20. The molecule has 0 bridgehead atoms. The van der Waals surface area contributed by atoms with Gasteiger partial charge in [-0.15, -0.1) is 0 Å². The van der Waals surface area contributed by atoms with Gasteiger partial charge in [0.05, 0.1) is 36.9 Å². The van der Waals surface area contributed by atoms with E-state index < -0.39 is 12.0 Å². The topological polar surface area (TPSA) is 91.5 Å². The Kier molecular flexibility index (Phi) is 5.69. The van der Waals surface area contributed by atoms with Crippen LogP contribution in [0, 0.1) is 0 Å². The highest BCUT2D eigenvalue weighted by molar-refractivity contribution is 7.98. The molecule has 2 aromatic carbocycles. The van der Waals surface area contributed by atoms with Crippen molar-refractivity contribution in [1.82, 2.24) is 10.1 Å². The van der Waals surface area contributed by atoms with Gasteiger partial charge in [-0.2, -0.15) is 0 Å². The number of rotatable bonds is 5. The van der Waals surface area contributed by atoms with Gasteiger partial charge in [-0.3, -0.25) is 4.79 Å². The summed E-state index contributed by atoms with van der Waals surface area (Å²) in [5.74, 6) is 0.476. The van der Waals surface area contributed by atoms with Crippen molar-refractivity contribution in [3.05, 3.63) is 48.0 Å². The summed E-state index contributed by atoms with van der Waals surface area (Å²) < 4.78 is 12.7. The number of ether oxygens (including phenoxy) is 2. The van der Waals surface area contributed by atoms with Gasteiger partial charge in [0.15, 0.2) is 11.5 Å². The van der Waals surface area contributed by atoms with Gasteiger partial charge in [-0.05, 0) is 30.5 Å². The van der Waals surface area contributed by atoms with E-state index in [4.69, 9.17) is 9.47 Å². The molecule has 0 aliphatic carbocycles. The van der Waals surface area contributed by atoms with E-state index in [-0.39, 0.29) is 12.3 Å². The lowest BCUT2D eigenvalue weighted by Crippen LogP contribution is -2.59. The first kappa shape index (κ1) is 20.9. The number of thioether (sulfide) groups is 1. The molecule has 31 heavy (non-hydrogen) atoms. The van der Waals surface area contributed by atoms with E-state index in [1.54, 1.807) is 49.1 Å². The zero-order valence-corrected chi connectivity index (χ0v) is 18.5. The molecule has 0 N–H and O–H groups in total. The maximum atomic E-state index is 13.2. The van der Waals surface area contributed by atoms with Crippen molar-refractivity contribution in [2.75, 3.05) is 25.4 Å². The van der Waals surface area contributed by atoms with Crippen molar-refractivity contribution in [2.45, 2.75) is 24.7 Å². The lowest BCUT2D eigenvalue weighted by molar-refractivity contribution is -0.764. The molecule has 0 fully saturated rings. The van der Waals surface area contributed by atoms with Gasteiger partial charge in [-0.25, -0.2) is 9.88 Å². The fraction of sp³-hybridized carbons (Fsp3) is 0.273. The van der Waals surface area contributed by atoms with Crippen LogP contribution < -0.4 is 24.2 Å². The molecule has 1 amide bonds. The number of para-hydroxylation sites is 2. The number of methoxy groups -OCH3 is 2. The largest absolute Gasteiger partial charge is 0.854 e. The highest BCUT2D eigenvalue weighted by Crippen LogP contribution is 2.44. The second-order valence-corrected chi connectivity index (χ2v) is 7.56. The maximum Gasteiger partial charge on any atom is 0.296 e. The summed E-state index contributed by atoms with van der Waals surface area (Å²) in [6.07, 6.45) is 1.33. The molecule has 160 valence electrons. The minimum absolute atomic E-state index is 0.114. The molecule has 0 radical (unpaired) electrons. The Morgan fingerprint density at radius 3 is 2.65 bits per heavy atom. The first-order valence-corrected chi connectivity index (χ1v) is 10.9. The van der Waals surface area contributed by atoms with Crippen LogP contribution in [0.5, 0.6) is 17.4 Å². The Bertz CT molecular complexity index is 1150. The summed E-state index contributed by atoms with van der Waals surface area (Å²) in [6, 6.07) is 12.7. The summed E-state index contributed by atoms with van der Waals surface area (Å²) in [5, 5.41) is 18.0. The molecule has 3 aromatic rings. The van der Waals surface area contributed by atoms with Crippen LogP contribution in [-0.4, -0.2) is 36.5 Å². The fourth-order valence-electron chi connectivity index (χ4n) is 3.86. The van der Waals surface area contributed by atoms with Crippen molar-refractivity contribution in [2.24, 2.45) is 0 Å². The van der Waals surface area contributed by atoms with Gasteiger partial charge in [0.25, 0.3) is 17.0 Å². The summed E-state index contributed by atoms with van der Waals surface area (Å²) in [7, 11) is 3.10. The SMILES string of the molecule is CCC(=O)N1c2ccccc2-c2c([O-])nc(SC)n[n+]2C1c1cccc(OC)c1OC. The number of carbonyl (C=O) groups is 1. The van der Waals surface area contributed by atoms with E-state index in [0.717, 1.165) is 0 Å². The van der Waals surface area contributed by atoms with Gasteiger partial charge in [0.2, 0.25) is 5.91 Å². The summed E-state index contributed by atoms with van der Waals surface area (Å²) in [6.45, 7) is 1.80. The molecule has 1 atom stereocenters. The molecular weight excluding hydrogens is 416 g/mol. The normalized spacial score (nSPS) is 14.6. The number of carbonyl (C=O) groups excluding carboxylic acids is 1. The van der Waals surface area contributed by atoms with Crippen molar-refractivity contribution < 1.29 is 24.1 Å². The molecule has 4 rings (SSSR count). The van der Waals surface area contributed by atoms with Gasteiger partial charge < -0.3 is 14.6 Å². The average molecular weight is 439 g/mol. The standard InChI is InChI=1S/C22H22N4O4S/c1-5-17(27)25-15-11-7-6-9-13(15)18-20(28)23-22(31-4)24-26(18)21(25)14-10-8-12-16(29-2)19(14)30-3/h6-12,21H,5H2,1-4H3. The van der Waals surface area contributed by atoms with Crippen molar-refractivity contribution in [3.63, 3.8) is 0 Å². The first-order chi connectivity index (χ1) is 15.0. The Balaban J connectivity index is 2.11. The third-order valence-electron chi connectivity index (χ3n) is 5.18. The molecule has 2 heterocycles. The number of aromatic nitrogens is 3. The van der Waals surface area contributed by atoms with Gasteiger partial charge in [0, 0.05) is 11.5 Å². The Hall–Kier alpha value is -3.33. The monoisotopic (exact) mass is 438 g/mol. The van der Waals surface area contributed by atoms with Crippen LogP contribution in [0.25, 0.3) is 11.3 Å². The van der Waals surface area contributed by atoms with Crippen LogP contribution in [-0.2, 0) is 4.79 Å². The van der Waals surface area contributed by atoms with E-state index in [1.807, 2.05) is 30.3 Å². The van der Waals surface area contributed by atoms with Crippen LogP contribution in [0.15, 0.2) is 47.6 Å². The highest BCUT2D eigenvalue weighted by Gasteiger charge is 2.46. The van der Waals surface area contributed by atoms with Crippen LogP contribution >= 0.6 is 11.8 Å². The van der Waals surface area contributed by atoms with Crippen molar-refractivity contribution >= 4 is 23.4 Å².